The molecule has 18 heavy (non-hydrogen) atoms. The number of piperidine rings is 1. The highest BCUT2D eigenvalue weighted by atomic mass is 16.5. The lowest BCUT2D eigenvalue weighted by Crippen LogP contribution is -2.54. The standard InChI is InChI=1S/C14H28N2O2/c1-2-18-13-5-8-16(9-6-13)12-4-3-7-14(15,10-12)11-17/h12-13,17H,2-11,15H2,1H3. The van der Waals surface area contributed by atoms with Crippen LogP contribution in [0.5, 0.6) is 0 Å². The molecule has 4 heteroatoms. The third-order valence-corrected chi connectivity index (χ3v) is 4.56. The van der Waals surface area contributed by atoms with E-state index >= 15 is 0 Å². The highest BCUT2D eigenvalue weighted by Gasteiger charge is 2.36. The van der Waals surface area contributed by atoms with Gasteiger partial charge in [0.25, 0.3) is 0 Å². The van der Waals surface area contributed by atoms with Crippen molar-refractivity contribution in [1.82, 2.24) is 4.90 Å². The van der Waals surface area contributed by atoms with Crippen LogP contribution in [0.2, 0.25) is 0 Å². The molecule has 2 atom stereocenters. The van der Waals surface area contributed by atoms with Crippen molar-refractivity contribution in [2.75, 3.05) is 26.3 Å². The van der Waals surface area contributed by atoms with Gasteiger partial charge in [0.05, 0.1) is 12.7 Å². The number of ether oxygens (including phenoxy) is 1. The zero-order valence-electron chi connectivity index (χ0n) is 11.6. The van der Waals surface area contributed by atoms with E-state index in [0.29, 0.717) is 12.1 Å². The number of nitrogens with two attached hydrogens (primary N) is 1. The summed E-state index contributed by atoms with van der Waals surface area (Å²) in [7, 11) is 0. The van der Waals surface area contributed by atoms with Crippen molar-refractivity contribution in [1.29, 1.82) is 0 Å². The van der Waals surface area contributed by atoms with Crippen LogP contribution in [-0.4, -0.2) is 54.0 Å². The quantitative estimate of drug-likeness (QED) is 0.791. The number of hydrogen-bond donors (Lipinski definition) is 2. The summed E-state index contributed by atoms with van der Waals surface area (Å²) in [6.45, 7) is 5.26. The summed E-state index contributed by atoms with van der Waals surface area (Å²) in [6.07, 6.45) is 7.03. The van der Waals surface area contributed by atoms with E-state index < -0.39 is 0 Å². The molecule has 4 nitrogen and oxygen atoms in total. The first-order valence-electron chi connectivity index (χ1n) is 7.42. The van der Waals surface area contributed by atoms with Crippen LogP contribution in [0.4, 0.5) is 0 Å². The van der Waals surface area contributed by atoms with Crippen molar-refractivity contribution in [3.63, 3.8) is 0 Å². The fraction of sp³-hybridized carbons (Fsp3) is 1.00. The minimum atomic E-state index is -0.334. The molecule has 2 aliphatic rings. The van der Waals surface area contributed by atoms with Gasteiger partial charge in [-0.05, 0) is 45.4 Å². The molecule has 1 saturated carbocycles. The van der Waals surface area contributed by atoms with E-state index in [4.69, 9.17) is 10.5 Å². The monoisotopic (exact) mass is 256 g/mol. The molecule has 2 fully saturated rings. The smallest absolute Gasteiger partial charge is 0.0611 e. The first kappa shape index (κ1) is 14.3. The molecule has 1 aliphatic carbocycles. The van der Waals surface area contributed by atoms with E-state index in [0.717, 1.165) is 51.8 Å². The number of hydrogen-bond acceptors (Lipinski definition) is 4. The van der Waals surface area contributed by atoms with Gasteiger partial charge in [-0.15, -0.1) is 0 Å². The Hall–Kier alpha value is -0.160. The Labute approximate surface area is 110 Å². The van der Waals surface area contributed by atoms with Crippen LogP contribution in [0.25, 0.3) is 0 Å². The molecular weight excluding hydrogens is 228 g/mol. The van der Waals surface area contributed by atoms with E-state index in [-0.39, 0.29) is 12.1 Å². The Morgan fingerprint density at radius 3 is 2.67 bits per heavy atom. The van der Waals surface area contributed by atoms with Gasteiger partial charge in [-0.1, -0.05) is 0 Å². The molecule has 0 aromatic heterocycles. The molecule has 1 saturated heterocycles. The zero-order chi connectivity index (χ0) is 13.0. The van der Waals surface area contributed by atoms with E-state index in [2.05, 4.69) is 11.8 Å². The molecule has 3 N–H and O–H groups in total. The summed E-state index contributed by atoms with van der Waals surface area (Å²) < 4.78 is 5.69. The second kappa shape index (κ2) is 6.33. The van der Waals surface area contributed by atoms with Gasteiger partial charge in [0.2, 0.25) is 0 Å². The van der Waals surface area contributed by atoms with Gasteiger partial charge in [0, 0.05) is 31.3 Å². The Morgan fingerprint density at radius 2 is 2.06 bits per heavy atom. The Bertz CT molecular complexity index is 254. The maximum Gasteiger partial charge on any atom is 0.0611 e. The van der Waals surface area contributed by atoms with E-state index in [1.54, 1.807) is 0 Å². The highest BCUT2D eigenvalue weighted by Crippen LogP contribution is 2.31. The predicted octanol–water partition coefficient (Wildman–Crippen LogP) is 1.12. The molecule has 0 aromatic carbocycles. The third-order valence-electron chi connectivity index (χ3n) is 4.56. The summed E-state index contributed by atoms with van der Waals surface area (Å²) in [5.41, 5.74) is 5.90. The fourth-order valence-electron chi connectivity index (χ4n) is 3.46. The van der Waals surface area contributed by atoms with E-state index in [1.807, 2.05) is 0 Å². The van der Waals surface area contributed by atoms with Crippen molar-refractivity contribution in [2.45, 2.75) is 63.1 Å². The number of rotatable bonds is 4. The lowest BCUT2D eigenvalue weighted by atomic mass is 9.79. The van der Waals surface area contributed by atoms with E-state index in [9.17, 15) is 5.11 Å². The molecule has 0 radical (unpaired) electrons. The van der Waals surface area contributed by atoms with Crippen molar-refractivity contribution in [2.24, 2.45) is 5.73 Å². The molecule has 2 rings (SSSR count). The molecule has 0 amide bonds. The van der Waals surface area contributed by atoms with Crippen LogP contribution in [0, 0.1) is 0 Å². The average molecular weight is 256 g/mol. The lowest BCUT2D eigenvalue weighted by molar-refractivity contribution is -0.00816. The SMILES string of the molecule is CCOC1CCN(C2CCCC(N)(CO)C2)CC1. The summed E-state index contributed by atoms with van der Waals surface area (Å²) in [5.74, 6) is 0. The molecule has 1 aliphatic heterocycles. The maximum absolute atomic E-state index is 9.41. The van der Waals surface area contributed by atoms with Crippen molar-refractivity contribution < 1.29 is 9.84 Å². The molecular formula is C14H28N2O2. The van der Waals surface area contributed by atoms with Gasteiger partial charge in [0.15, 0.2) is 0 Å². The second-order valence-corrected chi connectivity index (χ2v) is 5.96. The number of likely N-dealkylation sites (tertiary alicyclic amines) is 1. The Kier molecular flexibility index (Phi) is 5.01. The van der Waals surface area contributed by atoms with Gasteiger partial charge < -0.3 is 20.5 Å². The summed E-state index contributed by atoms with van der Waals surface area (Å²) in [4.78, 5) is 2.56. The largest absolute Gasteiger partial charge is 0.394 e. The van der Waals surface area contributed by atoms with E-state index in [1.165, 1.54) is 6.42 Å². The Morgan fingerprint density at radius 1 is 1.33 bits per heavy atom. The second-order valence-electron chi connectivity index (χ2n) is 5.96. The summed E-state index contributed by atoms with van der Waals surface area (Å²) in [6, 6.07) is 0.568. The van der Waals surface area contributed by atoms with Gasteiger partial charge in [0.1, 0.15) is 0 Å². The zero-order valence-corrected chi connectivity index (χ0v) is 11.6. The van der Waals surface area contributed by atoms with Crippen LogP contribution >= 0.6 is 0 Å². The minimum absolute atomic E-state index is 0.124. The maximum atomic E-state index is 9.41. The Balaban J connectivity index is 1.82. The van der Waals surface area contributed by atoms with Crippen LogP contribution in [0.15, 0.2) is 0 Å². The van der Waals surface area contributed by atoms with Crippen molar-refractivity contribution in [3.05, 3.63) is 0 Å². The lowest BCUT2D eigenvalue weighted by Gasteiger charge is -2.44. The predicted molar refractivity (Wildman–Crippen MR) is 72.5 cm³/mol. The molecule has 106 valence electrons. The topological polar surface area (TPSA) is 58.7 Å². The molecule has 2 unspecified atom stereocenters. The molecule has 1 heterocycles. The highest BCUT2D eigenvalue weighted by molar-refractivity contribution is 4.94. The molecule has 0 bridgehead atoms. The van der Waals surface area contributed by atoms with Crippen molar-refractivity contribution >= 4 is 0 Å². The van der Waals surface area contributed by atoms with Crippen LogP contribution < -0.4 is 5.73 Å². The normalized spacial score (nSPS) is 35.8. The summed E-state index contributed by atoms with van der Waals surface area (Å²) in [5, 5.41) is 9.41. The fourth-order valence-corrected chi connectivity index (χ4v) is 3.46. The first-order chi connectivity index (χ1) is 8.67. The van der Waals surface area contributed by atoms with Crippen LogP contribution in [0.1, 0.15) is 45.4 Å². The number of nitrogens with zero attached hydrogens (tertiary/aromatic N) is 1. The number of aliphatic hydroxyl groups is 1. The van der Waals surface area contributed by atoms with Gasteiger partial charge in [-0.2, -0.15) is 0 Å². The first-order valence-corrected chi connectivity index (χ1v) is 7.42. The van der Waals surface area contributed by atoms with Gasteiger partial charge in [-0.3, -0.25) is 0 Å². The van der Waals surface area contributed by atoms with Gasteiger partial charge in [-0.25, -0.2) is 0 Å². The van der Waals surface area contributed by atoms with Crippen LogP contribution in [0.3, 0.4) is 0 Å². The van der Waals surface area contributed by atoms with Gasteiger partial charge >= 0.3 is 0 Å². The van der Waals surface area contributed by atoms with Crippen molar-refractivity contribution in [3.8, 4) is 0 Å². The third kappa shape index (κ3) is 3.44. The molecule has 0 spiro atoms. The minimum Gasteiger partial charge on any atom is -0.394 e. The number of aliphatic hydroxyl groups excluding tert-OH is 1. The average Bonchev–Trinajstić information content (AvgIpc) is 2.40. The summed E-state index contributed by atoms with van der Waals surface area (Å²) >= 11 is 0. The molecule has 0 aromatic rings. The van der Waals surface area contributed by atoms with Crippen LogP contribution in [-0.2, 0) is 4.74 Å².